The number of aryl methyl sites for hydroxylation is 1. The van der Waals surface area contributed by atoms with Crippen LogP contribution in [0.3, 0.4) is 0 Å². The highest BCUT2D eigenvalue weighted by molar-refractivity contribution is 5.89. The van der Waals surface area contributed by atoms with Gasteiger partial charge in [0.1, 0.15) is 0 Å². The van der Waals surface area contributed by atoms with Crippen molar-refractivity contribution in [2.75, 3.05) is 6.54 Å². The largest absolute Gasteiger partial charge is 0.342 e. The van der Waals surface area contributed by atoms with Crippen molar-refractivity contribution in [1.29, 1.82) is 0 Å². The number of para-hydroxylation sites is 1. The third-order valence-corrected chi connectivity index (χ3v) is 4.63. The van der Waals surface area contributed by atoms with Gasteiger partial charge in [0.25, 0.3) is 0 Å². The zero-order valence-electron chi connectivity index (χ0n) is 11.3. The summed E-state index contributed by atoms with van der Waals surface area (Å²) in [6.45, 7) is 4.21. The highest BCUT2D eigenvalue weighted by atomic mass is 16.2. The molecule has 98 valence electrons. The molecular formula is C16H18N2O. The van der Waals surface area contributed by atoms with Crippen LogP contribution in [0.15, 0.2) is 18.2 Å². The number of benzene rings is 1. The van der Waals surface area contributed by atoms with E-state index in [0.717, 1.165) is 19.6 Å². The van der Waals surface area contributed by atoms with Crippen molar-refractivity contribution in [3.05, 3.63) is 35.0 Å². The highest BCUT2D eigenvalue weighted by Crippen LogP contribution is 2.36. The normalized spacial score (nSPS) is 17.6. The van der Waals surface area contributed by atoms with Gasteiger partial charge in [-0.2, -0.15) is 0 Å². The van der Waals surface area contributed by atoms with Gasteiger partial charge in [-0.05, 0) is 30.4 Å². The quantitative estimate of drug-likeness (QED) is 0.709. The van der Waals surface area contributed by atoms with Crippen LogP contribution in [0.4, 0.5) is 0 Å². The molecule has 1 amide bonds. The number of hydrogen-bond acceptors (Lipinski definition) is 1. The van der Waals surface area contributed by atoms with E-state index < -0.39 is 0 Å². The third-order valence-electron chi connectivity index (χ3n) is 4.63. The first-order chi connectivity index (χ1) is 9.25. The van der Waals surface area contributed by atoms with E-state index in [1.54, 1.807) is 12.5 Å². The van der Waals surface area contributed by atoms with E-state index in [0.29, 0.717) is 0 Å². The summed E-state index contributed by atoms with van der Waals surface area (Å²) in [4.78, 5) is 13.7. The number of hydrogen-bond donors (Lipinski definition) is 0. The van der Waals surface area contributed by atoms with Crippen molar-refractivity contribution < 1.29 is 4.79 Å². The van der Waals surface area contributed by atoms with E-state index in [4.69, 9.17) is 0 Å². The van der Waals surface area contributed by atoms with Crippen LogP contribution < -0.4 is 0 Å². The Kier molecular flexibility index (Phi) is 2.25. The Morgan fingerprint density at radius 1 is 1.21 bits per heavy atom. The lowest BCUT2D eigenvalue weighted by molar-refractivity contribution is -0.129. The molecule has 2 aliphatic rings. The summed E-state index contributed by atoms with van der Waals surface area (Å²) in [6, 6.07) is 6.57. The Morgan fingerprint density at radius 3 is 2.95 bits per heavy atom. The van der Waals surface area contributed by atoms with E-state index in [9.17, 15) is 4.79 Å². The van der Waals surface area contributed by atoms with Gasteiger partial charge in [-0.1, -0.05) is 18.2 Å². The Hall–Kier alpha value is -1.77. The number of aromatic nitrogens is 1. The number of rotatable bonds is 0. The molecule has 1 aliphatic heterocycles. The lowest BCUT2D eigenvalue weighted by Crippen LogP contribution is -2.29. The molecule has 0 atom stereocenters. The maximum Gasteiger partial charge on any atom is 0.219 e. The van der Waals surface area contributed by atoms with Crippen molar-refractivity contribution in [1.82, 2.24) is 9.47 Å². The van der Waals surface area contributed by atoms with Crippen molar-refractivity contribution in [2.45, 2.75) is 39.3 Å². The number of amides is 1. The first-order valence-electron chi connectivity index (χ1n) is 7.13. The van der Waals surface area contributed by atoms with E-state index >= 15 is 0 Å². The van der Waals surface area contributed by atoms with Crippen molar-refractivity contribution in [2.24, 2.45) is 0 Å². The molecule has 2 aromatic rings. The molecule has 19 heavy (non-hydrogen) atoms. The van der Waals surface area contributed by atoms with Crippen LogP contribution in [-0.2, 0) is 30.7 Å². The fraction of sp³-hybridized carbons (Fsp3) is 0.438. The van der Waals surface area contributed by atoms with Crippen molar-refractivity contribution in [3.8, 4) is 0 Å². The van der Waals surface area contributed by atoms with Gasteiger partial charge in [-0.15, -0.1) is 0 Å². The van der Waals surface area contributed by atoms with Crippen molar-refractivity contribution in [3.63, 3.8) is 0 Å². The van der Waals surface area contributed by atoms with Crippen molar-refractivity contribution >= 4 is 16.8 Å². The molecule has 0 radical (unpaired) electrons. The van der Waals surface area contributed by atoms with Gasteiger partial charge in [-0.25, -0.2) is 0 Å². The molecule has 0 saturated carbocycles. The standard InChI is InChI=1S/C16H18N2O/c1-11(19)17-8-9-18-15-7-3-5-13(15)14-6-2-4-12(10-17)16(14)18/h2,4,6H,3,5,7-10H2,1H3. The molecule has 0 bridgehead atoms. The first-order valence-corrected chi connectivity index (χ1v) is 7.13. The molecule has 1 aliphatic carbocycles. The molecule has 0 fully saturated rings. The number of nitrogens with zero attached hydrogens (tertiary/aromatic N) is 2. The highest BCUT2D eigenvalue weighted by Gasteiger charge is 2.26. The SMILES string of the molecule is CC(=O)N1CCn2c3c(c4cccc(c42)C1)CCC3. The average molecular weight is 254 g/mol. The molecule has 1 aromatic carbocycles. The van der Waals surface area contributed by atoms with Crippen LogP contribution in [0.25, 0.3) is 10.9 Å². The predicted octanol–water partition coefficient (Wildman–Crippen LogP) is 2.49. The molecule has 0 N–H and O–H groups in total. The second kappa shape index (κ2) is 3.86. The Bertz CT molecular complexity index is 684. The second-order valence-corrected chi connectivity index (χ2v) is 5.68. The van der Waals surface area contributed by atoms with E-state index in [1.807, 2.05) is 4.90 Å². The van der Waals surface area contributed by atoms with Crippen LogP contribution in [0.5, 0.6) is 0 Å². The Labute approximate surface area is 112 Å². The molecule has 4 rings (SSSR count). The summed E-state index contributed by atoms with van der Waals surface area (Å²) in [5, 5.41) is 1.43. The van der Waals surface area contributed by atoms with Gasteiger partial charge in [0.05, 0.1) is 5.52 Å². The summed E-state index contributed by atoms with van der Waals surface area (Å²) in [7, 11) is 0. The van der Waals surface area contributed by atoms with E-state index in [2.05, 4.69) is 22.8 Å². The number of fused-ring (bicyclic) bond motifs is 3. The predicted molar refractivity (Wildman–Crippen MR) is 75.1 cm³/mol. The fourth-order valence-corrected chi connectivity index (χ4v) is 3.75. The topological polar surface area (TPSA) is 25.2 Å². The molecule has 3 nitrogen and oxygen atoms in total. The first kappa shape index (κ1) is 11.1. The lowest BCUT2D eigenvalue weighted by Gasteiger charge is -2.18. The van der Waals surface area contributed by atoms with Gasteiger partial charge < -0.3 is 9.47 Å². The maximum absolute atomic E-state index is 11.7. The van der Waals surface area contributed by atoms with E-state index in [1.165, 1.54) is 41.4 Å². The summed E-state index contributed by atoms with van der Waals surface area (Å²) in [6.07, 6.45) is 3.70. The molecule has 3 heteroatoms. The smallest absolute Gasteiger partial charge is 0.219 e. The van der Waals surface area contributed by atoms with Crippen LogP contribution in [-0.4, -0.2) is 21.9 Å². The molecule has 0 spiro atoms. The summed E-state index contributed by atoms with van der Waals surface area (Å²) >= 11 is 0. The van der Waals surface area contributed by atoms with Crippen LogP contribution in [0.2, 0.25) is 0 Å². The van der Waals surface area contributed by atoms with Crippen LogP contribution in [0, 0.1) is 0 Å². The van der Waals surface area contributed by atoms with Gasteiger partial charge in [-0.3, -0.25) is 4.79 Å². The van der Waals surface area contributed by atoms with Crippen LogP contribution in [0.1, 0.15) is 30.2 Å². The fourth-order valence-electron chi connectivity index (χ4n) is 3.75. The minimum absolute atomic E-state index is 0.180. The monoisotopic (exact) mass is 254 g/mol. The van der Waals surface area contributed by atoms with Gasteiger partial charge in [0, 0.05) is 37.6 Å². The zero-order valence-corrected chi connectivity index (χ0v) is 11.3. The third kappa shape index (κ3) is 1.47. The van der Waals surface area contributed by atoms with Gasteiger partial charge in [0.15, 0.2) is 0 Å². The Morgan fingerprint density at radius 2 is 2.11 bits per heavy atom. The Balaban J connectivity index is 1.97. The van der Waals surface area contributed by atoms with Gasteiger partial charge >= 0.3 is 0 Å². The molecule has 0 saturated heterocycles. The lowest BCUT2D eigenvalue weighted by atomic mass is 10.1. The summed E-state index contributed by atoms with van der Waals surface area (Å²) in [5.41, 5.74) is 5.77. The number of carbonyl (C=O) groups is 1. The minimum Gasteiger partial charge on any atom is -0.342 e. The molecule has 1 aromatic heterocycles. The zero-order chi connectivity index (χ0) is 13.0. The average Bonchev–Trinajstić information content (AvgIpc) is 2.90. The summed E-state index contributed by atoms with van der Waals surface area (Å²) in [5.74, 6) is 0.180. The van der Waals surface area contributed by atoms with E-state index in [-0.39, 0.29) is 5.91 Å². The van der Waals surface area contributed by atoms with Gasteiger partial charge in [0.2, 0.25) is 5.91 Å². The molecule has 2 heterocycles. The molecule has 0 unspecified atom stereocenters. The maximum atomic E-state index is 11.7. The second-order valence-electron chi connectivity index (χ2n) is 5.68. The molecular weight excluding hydrogens is 236 g/mol. The van der Waals surface area contributed by atoms with Crippen LogP contribution >= 0.6 is 0 Å². The number of carbonyl (C=O) groups excluding carboxylic acids is 1. The minimum atomic E-state index is 0.180. The summed E-state index contributed by atoms with van der Waals surface area (Å²) < 4.78 is 2.48.